The van der Waals surface area contributed by atoms with Crippen LogP contribution in [0, 0.1) is 0 Å². The molecule has 0 saturated carbocycles. The Hall–Kier alpha value is 0.668. The Morgan fingerprint density at radius 3 is 1.65 bits per heavy atom. The van der Waals surface area contributed by atoms with Crippen molar-refractivity contribution in [3.8, 4) is 0 Å². The van der Waals surface area contributed by atoms with Crippen LogP contribution >= 0.6 is 0 Å². The quantitative estimate of drug-likeness (QED) is 0.691. The molecular formula is C8H21O5Si4. The van der Waals surface area contributed by atoms with Gasteiger partial charge in [0.05, 0.1) is 5.60 Å². The number of rotatable bonds is 1. The Morgan fingerprint density at radius 2 is 1.29 bits per heavy atom. The molecule has 0 N–H and O–H groups in total. The molecule has 99 valence electrons. The molecule has 1 rings (SSSR count). The Bertz CT molecular complexity index is 245. The van der Waals surface area contributed by atoms with Gasteiger partial charge in [0.2, 0.25) is 0 Å². The molecule has 0 atom stereocenters. The minimum absolute atomic E-state index is 0.287. The van der Waals surface area contributed by atoms with Crippen LogP contribution in [0.2, 0.25) is 26.2 Å². The van der Waals surface area contributed by atoms with Gasteiger partial charge in [-0.05, 0) is 40.4 Å². The van der Waals surface area contributed by atoms with Gasteiger partial charge in [-0.2, -0.15) is 0 Å². The maximum absolute atomic E-state index is 5.97. The van der Waals surface area contributed by atoms with Crippen LogP contribution in [0.1, 0.15) is 20.8 Å². The highest BCUT2D eigenvalue weighted by atomic mass is 28.5. The van der Waals surface area contributed by atoms with E-state index in [1.54, 1.807) is 0 Å². The fraction of sp³-hybridized carbons (Fsp3) is 1.00. The van der Waals surface area contributed by atoms with Gasteiger partial charge < -0.3 is 20.9 Å². The standard InChI is InChI=1S/C8H21O5Si4/c1-8(2,3)9-17(7)12-15(5)10-14(4)11-16(6)13-17/h1-7H3. The molecule has 0 aliphatic carbocycles. The summed E-state index contributed by atoms with van der Waals surface area (Å²) in [4.78, 5) is 0. The highest BCUT2D eigenvalue weighted by Gasteiger charge is 2.45. The molecular weight excluding hydrogens is 288 g/mol. The van der Waals surface area contributed by atoms with E-state index >= 15 is 0 Å². The van der Waals surface area contributed by atoms with Crippen LogP contribution in [-0.4, -0.2) is 42.3 Å². The van der Waals surface area contributed by atoms with Crippen molar-refractivity contribution in [2.45, 2.75) is 52.6 Å². The van der Waals surface area contributed by atoms with E-state index in [1.807, 2.05) is 47.0 Å². The zero-order chi connectivity index (χ0) is 13.3. The van der Waals surface area contributed by atoms with E-state index in [2.05, 4.69) is 0 Å². The van der Waals surface area contributed by atoms with Gasteiger partial charge >= 0.3 is 36.7 Å². The third kappa shape index (κ3) is 5.89. The minimum Gasteiger partial charge on any atom is -0.414 e. The van der Waals surface area contributed by atoms with E-state index in [0.717, 1.165) is 0 Å². The monoisotopic (exact) mass is 309 g/mol. The van der Waals surface area contributed by atoms with Crippen molar-refractivity contribution in [3.05, 3.63) is 0 Å². The molecule has 17 heavy (non-hydrogen) atoms. The fourth-order valence-corrected chi connectivity index (χ4v) is 12.6. The third-order valence-electron chi connectivity index (χ3n) is 1.72. The highest BCUT2D eigenvalue weighted by molar-refractivity contribution is 6.77. The van der Waals surface area contributed by atoms with Crippen molar-refractivity contribution < 1.29 is 20.9 Å². The van der Waals surface area contributed by atoms with Crippen molar-refractivity contribution in [1.29, 1.82) is 0 Å². The second-order valence-electron chi connectivity index (χ2n) is 4.96. The molecule has 0 aromatic carbocycles. The molecule has 0 aromatic heterocycles. The smallest absolute Gasteiger partial charge is 0.414 e. The molecule has 0 spiro atoms. The lowest BCUT2D eigenvalue weighted by Crippen LogP contribution is -2.57. The Morgan fingerprint density at radius 1 is 0.882 bits per heavy atom. The molecule has 9 heteroatoms. The summed E-state index contributed by atoms with van der Waals surface area (Å²) in [7, 11) is -6.59. The molecule has 5 nitrogen and oxygen atoms in total. The van der Waals surface area contributed by atoms with Gasteiger partial charge in [0.1, 0.15) is 0 Å². The van der Waals surface area contributed by atoms with Crippen molar-refractivity contribution in [2.24, 2.45) is 0 Å². The van der Waals surface area contributed by atoms with Gasteiger partial charge in [0.25, 0.3) is 0 Å². The molecule has 0 unspecified atom stereocenters. The number of hydrogen-bond donors (Lipinski definition) is 0. The van der Waals surface area contributed by atoms with Crippen LogP contribution in [0.4, 0.5) is 0 Å². The summed E-state index contributed by atoms with van der Waals surface area (Å²) in [6.45, 7) is 13.8. The minimum atomic E-state index is -2.65. The number of hydrogen-bond acceptors (Lipinski definition) is 5. The average molecular weight is 310 g/mol. The molecule has 3 radical (unpaired) electrons. The topological polar surface area (TPSA) is 46.2 Å². The van der Waals surface area contributed by atoms with Crippen LogP contribution in [-0.2, 0) is 20.9 Å². The van der Waals surface area contributed by atoms with E-state index in [1.165, 1.54) is 0 Å². The van der Waals surface area contributed by atoms with Crippen molar-refractivity contribution >= 4 is 36.7 Å². The van der Waals surface area contributed by atoms with Crippen LogP contribution in [0.15, 0.2) is 0 Å². The first kappa shape index (κ1) is 15.7. The van der Waals surface area contributed by atoms with Gasteiger partial charge in [-0.15, -0.1) is 0 Å². The zero-order valence-electron chi connectivity index (χ0n) is 11.5. The zero-order valence-corrected chi connectivity index (χ0v) is 15.5. The Balaban J connectivity index is 2.75. The molecule has 1 fully saturated rings. The largest absolute Gasteiger partial charge is 0.480 e. The van der Waals surface area contributed by atoms with E-state index in [4.69, 9.17) is 20.9 Å². The SMILES string of the molecule is C[Si]1O[Si](C)O[Si](C)(OC(C)(C)C)O[Si](C)O1. The maximum atomic E-state index is 5.97. The van der Waals surface area contributed by atoms with Gasteiger partial charge in [-0.25, -0.2) is 0 Å². The lowest BCUT2D eigenvalue weighted by molar-refractivity contribution is 0.0457. The van der Waals surface area contributed by atoms with E-state index in [-0.39, 0.29) is 5.60 Å². The van der Waals surface area contributed by atoms with Gasteiger partial charge in [0.15, 0.2) is 0 Å². The van der Waals surface area contributed by atoms with Crippen molar-refractivity contribution in [1.82, 2.24) is 0 Å². The molecule has 0 bridgehead atoms. The van der Waals surface area contributed by atoms with E-state index in [0.29, 0.717) is 0 Å². The third-order valence-corrected chi connectivity index (χ3v) is 12.6. The van der Waals surface area contributed by atoms with Crippen molar-refractivity contribution in [2.75, 3.05) is 0 Å². The Kier molecular flexibility index (Phi) is 5.32. The van der Waals surface area contributed by atoms with Gasteiger partial charge in [-0.1, -0.05) is 0 Å². The summed E-state index contributed by atoms with van der Waals surface area (Å²) in [6, 6.07) is 0. The summed E-state index contributed by atoms with van der Waals surface area (Å²) in [5.41, 5.74) is -0.287. The predicted octanol–water partition coefficient (Wildman–Crippen LogP) is 1.80. The summed E-state index contributed by atoms with van der Waals surface area (Å²) in [5.74, 6) is 0. The van der Waals surface area contributed by atoms with E-state index < -0.39 is 36.7 Å². The van der Waals surface area contributed by atoms with Crippen LogP contribution < -0.4 is 0 Å². The summed E-state index contributed by atoms with van der Waals surface area (Å²) >= 11 is 0. The summed E-state index contributed by atoms with van der Waals surface area (Å²) in [5, 5.41) is 0. The van der Waals surface area contributed by atoms with Gasteiger partial charge in [0, 0.05) is 6.55 Å². The van der Waals surface area contributed by atoms with Crippen LogP contribution in [0.5, 0.6) is 0 Å². The molecule has 0 amide bonds. The van der Waals surface area contributed by atoms with E-state index in [9.17, 15) is 0 Å². The average Bonchev–Trinajstić information content (AvgIpc) is 1.93. The first-order valence-corrected chi connectivity index (χ1v) is 13.2. The second-order valence-corrected chi connectivity index (χ2v) is 13.1. The molecule has 1 heterocycles. The lowest BCUT2D eigenvalue weighted by Gasteiger charge is -2.38. The van der Waals surface area contributed by atoms with Crippen molar-refractivity contribution in [3.63, 3.8) is 0 Å². The first-order chi connectivity index (χ1) is 7.60. The molecule has 1 aliphatic rings. The molecule has 1 saturated heterocycles. The van der Waals surface area contributed by atoms with Crippen LogP contribution in [0.3, 0.4) is 0 Å². The fourth-order valence-electron chi connectivity index (χ4n) is 1.61. The summed E-state index contributed by atoms with van der Waals surface area (Å²) in [6.07, 6.45) is 0. The van der Waals surface area contributed by atoms with Gasteiger partial charge in [-0.3, -0.25) is 0 Å². The lowest BCUT2D eigenvalue weighted by atomic mass is 10.2. The second kappa shape index (κ2) is 5.75. The normalized spacial score (nSPS) is 25.6. The molecule has 0 aromatic rings. The maximum Gasteiger partial charge on any atom is 0.480 e. The first-order valence-electron chi connectivity index (χ1n) is 5.54. The predicted molar refractivity (Wildman–Crippen MR) is 71.7 cm³/mol. The summed E-state index contributed by atoms with van der Waals surface area (Å²) < 4.78 is 29.3. The van der Waals surface area contributed by atoms with Crippen LogP contribution in [0.25, 0.3) is 0 Å². The highest BCUT2D eigenvalue weighted by Crippen LogP contribution is 2.23. The molecule has 1 aliphatic heterocycles. The Labute approximate surface area is 110 Å².